The molecule has 1 heterocycles. The van der Waals surface area contributed by atoms with Gasteiger partial charge >= 0.3 is 5.63 Å². The summed E-state index contributed by atoms with van der Waals surface area (Å²) in [5, 5.41) is 0.922. The van der Waals surface area contributed by atoms with Gasteiger partial charge in [-0.2, -0.15) is 0 Å². The Balaban J connectivity index is 2.22. The van der Waals surface area contributed by atoms with Gasteiger partial charge < -0.3 is 9.15 Å². The van der Waals surface area contributed by atoms with Crippen LogP contribution in [0.1, 0.15) is 18.4 Å². The van der Waals surface area contributed by atoms with E-state index in [1.54, 1.807) is 6.07 Å². The van der Waals surface area contributed by atoms with E-state index in [1.165, 1.54) is 6.07 Å². The number of unbranched alkanes of at least 4 members (excludes halogenated alkanes) is 1. The first-order valence-corrected chi connectivity index (χ1v) is 5.81. The number of aryl methyl sites for hydroxylation is 1. The fourth-order valence-corrected chi connectivity index (χ4v) is 1.76. The van der Waals surface area contributed by atoms with E-state index in [1.807, 2.05) is 19.1 Å². The normalized spacial score (nSPS) is 10.2. The minimum Gasteiger partial charge on any atom is -0.493 e. The van der Waals surface area contributed by atoms with Gasteiger partial charge in [0, 0.05) is 23.9 Å². The molecule has 3 nitrogen and oxygen atoms in total. The van der Waals surface area contributed by atoms with Gasteiger partial charge in [0.15, 0.2) is 0 Å². The smallest absolute Gasteiger partial charge is 0.336 e. The van der Waals surface area contributed by atoms with Crippen molar-refractivity contribution in [3.8, 4) is 18.1 Å². The van der Waals surface area contributed by atoms with Gasteiger partial charge in [0.25, 0.3) is 0 Å². The summed E-state index contributed by atoms with van der Waals surface area (Å²) >= 11 is 0. The standard InChI is InChI=1S/C15H14O3/c1-3-4-5-8-17-12-6-7-13-11(2)9-15(16)18-14(13)10-12/h1,6-7,9-10H,4-5,8H2,2H3. The lowest BCUT2D eigenvalue weighted by Gasteiger charge is -2.06. The quantitative estimate of drug-likeness (QED) is 0.470. The second kappa shape index (κ2) is 5.42. The molecular formula is C15H14O3. The molecule has 1 aromatic carbocycles. The Kier molecular flexibility index (Phi) is 3.69. The molecule has 0 atom stereocenters. The van der Waals surface area contributed by atoms with Crippen molar-refractivity contribution in [1.29, 1.82) is 0 Å². The lowest BCUT2D eigenvalue weighted by Crippen LogP contribution is -1.99. The van der Waals surface area contributed by atoms with Crippen molar-refractivity contribution in [3.63, 3.8) is 0 Å². The molecule has 0 aliphatic rings. The number of ether oxygens (including phenoxy) is 1. The minimum atomic E-state index is -0.343. The van der Waals surface area contributed by atoms with Gasteiger partial charge in [0.1, 0.15) is 11.3 Å². The van der Waals surface area contributed by atoms with Gasteiger partial charge in [-0.25, -0.2) is 4.79 Å². The Labute approximate surface area is 105 Å². The van der Waals surface area contributed by atoms with Crippen LogP contribution < -0.4 is 10.4 Å². The van der Waals surface area contributed by atoms with Crippen LogP contribution >= 0.6 is 0 Å². The molecule has 0 aliphatic carbocycles. The number of hydrogen-bond acceptors (Lipinski definition) is 3. The van der Waals surface area contributed by atoms with E-state index in [0.717, 1.165) is 17.4 Å². The molecule has 0 amide bonds. The molecule has 3 heteroatoms. The molecule has 0 bridgehead atoms. The Morgan fingerprint density at radius 3 is 3.00 bits per heavy atom. The van der Waals surface area contributed by atoms with Gasteiger partial charge in [-0.3, -0.25) is 0 Å². The maximum absolute atomic E-state index is 11.3. The first-order chi connectivity index (χ1) is 8.70. The van der Waals surface area contributed by atoms with Crippen molar-refractivity contribution in [2.75, 3.05) is 6.61 Å². The van der Waals surface area contributed by atoms with Gasteiger partial charge in [-0.15, -0.1) is 12.3 Å². The first-order valence-electron chi connectivity index (χ1n) is 5.81. The molecule has 0 aliphatic heterocycles. The highest BCUT2D eigenvalue weighted by atomic mass is 16.5. The van der Waals surface area contributed by atoms with Gasteiger partial charge in [0.05, 0.1) is 6.61 Å². The van der Waals surface area contributed by atoms with Gasteiger partial charge in [-0.1, -0.05) is 0 Å². The van der Waals surface area contributed by atoms with Crippen molar-refractivity contribution < 1.29 is 9.15 Å². The molecule has 0 radical (unpaired) electrons. The van der Waals surface area contributed by atoms with Gasteiger partial charge in [0.2, 0.25) is 0 Å². The molecule has 0 saturated heterocycles. The first kappa shape index (κ1) is 12.3. The van der Waals surface area contributed by atoms with Crippen molar-refractivity contribution in [3.05, 3.63) is 40.2 Å². The second-order valence-corrected chi connectivity index (χ2v) is 4.06. The third-order valence-electron chi connectivity index (χ3n) is 2.66. The highest BCUT2D eigenvalue weighted by Crippen LogP contribution is 2.22. The number of hydrogen-bond donors (Lipinski definition) is 0. The zero-order valence-corrected chi connectivity index (χ0v) is 10.2. The van der Waals surface area contributed by atoms with Crippen LogP contribution in [0.3, 0.4) is 0 Å². The summed E-state index contributed by atoms with van der Waals surface area (Å²) in [4.78, 5) is 11.3. The molecule has 2 aromatic rings. The minimum absolute atomic E-state index is 0.343. The third-order valence-corrected chi connectivity index (χ3v) is 2.66. The van der Waals surface area contributed by atoms with E-state index in [0.29, 0.717) is 24.4 Å². The maximum atomic E-state index is 11.3. The number of terminal acetylenes is 1. The van der Waals surface area contributed by atoms with E-state index >= 15 is 0 Å². The number of rotatable bonds is 4. The predicted octanol–water partition coefficient (Wildman–Crippen LogP) is 2.89. The molecule has 0 fully saturated rings. The van der Waals surface area contributed by atoms with Crippen molar-refractivity contribution in [2.45, 2.75) is 19.8 Å². The van der Waals surface area contributed by atoms with E-state index in [2.05, 4.69) is 5.92 Å². The summed E-state index contributed by atoms with van der Waals surface area (Å²) in [7, 11) is 0. The molecule has 0 saturated carbocycles. The average molecular weight is 242 g/mol. The topological polar surface area (TPSA) is 39.4 Å². The Bertz CT molecular complexity index is 647. The molecule has 0 spiro atoms. The average Bonchev–Trinajstić information content (AvgIpc) is 2.34. The highest BCUT2D eigenvalue weighted by molar-refractivity contribution is 5.81. The van der Waals surface area contributed by atoms with Crippen LogP contribution in [0.15, 0.2) is 33.5 Å². The molecular weight excluding hydrogens is 228 g/mol. The predicted molar refractivity (Wildman–Crippen MR) is 70.8 cm³/mol. The second-order valence-electron chi connectivity index (χ2n) is 4.06. The summed E-state index contributed by atoms with van der Waals surface area (Å²) in [6, 6.07) is 6.98. The molecule has 1 aromatic heterocycles. The van der Waals surface area contributed by atoms with Crippen LogP contribution in [-0.2, 0) is 0 Å². The third kappa shape index (κ3) is 2.72. The van der Waals surface area contributed by atoms with E-state index in [-0.39, 0.29) is 5.63 Å². The summed E-state index contributed by atoms with van der Waals surface area (Å²) in [6.07, 6.45) is 6.67. The van der Waals surface area contributed by atoms with Crippen molar-refractivity contribution >= 4 is 11.0 Å². The van der Waals surface area contributed by atoms with Crippen LogP contribution in [0, 0.1) is 19.3 Å². The molecule has 2 rings (SSSR count). The van der Waals surface area contributed by atoms with E-state index in [9.17, 15) is 4.79 Å². The van der Waals surface area contributed by atoms with Crippen LogP contribution in [0.25, 0.3) is 11.0 Å². The SMILES string of the molecule is C#CCCCOc1ccc2c(C)cc(=O)oc2c1. The van der Waals surface area contributed by atoms with Crippen LogP contribution in [-0.4, -0.2) is 6.61 Å². The summed E-state index contributed by atoms with van der Waals surface area (Å²) in [6.45, 7) is 2.44. The summed E-state index contributed by atoms with van der Waals surface area (Å²) < 4.78 is 10.7. The molecule has 0 unspecified atom stereocenters. The zero-order chi connectivity index (χ0) is 13.0. The molecule has 18 heavy (non-hydrogen) atoms. The number of benzene rings is 1. The fraction of sp³-hybridized carbons (Fsp3) is 0.267. The molecule has 0 N–H and O–H groups in total. The van der Waals surface area contributed by atoms with E-state index in [4.69, 9.17) is 15.6 Å². The fourth-order valence-electron chi connectivity index (χ4n) is 1.76. The van der Waals surface area contributed by atoms with Crippen LogP contribution in [0.2, 0.25) is 0 Å². The lowest BCUT2D eigenvalue weighted by molar-refractivity contribution is 0.313. The summed E-state index contributed by atoms with van der Waals surface area (Å²) in [5.74, 6) is 3.25. The summed E-state index contributed by atoms with van der Waals surface area (Å²) in [5.41, 5.74) is 1.11. The van der Waals surface area contributed by atoms with E-state index < -0.39 is 0 Å². The number of fused-ring (bicyclic) bond motifs is 1. The maximum Gasteiger partial charge on any atom is 0.336 e. The Morgan fingerprint density at radius 2 is 2.22 bits per heavy atom. The Hall–Kier alpha value is -2.21. The van der Waals surface area contributed by atoms with Gasteiger partial charge in [-0.05, 0) is 31.0 Å². The van der Waals surface area contributed by atoms with Crippen LogP contribution in [0.4, 0.5) is 0 Å². The Morgan fingerprint density at radius 1 is 1.39 bits per heavy atom. The van der Waals surface area contributed by atoms with Crippen LogP contribution in [0.5, 0.6) is 5.75 Å². The monoisotopic (exact) mass is 242 g/mol. The highest BCUT2D eigenvalue weighted by Gasteiger charge is 2.03. The largest absolute Gasteiger partial charge is 0.493 e. The molecule has 92 valence electrons. The van der Waals surface area contributed by atoms with Crippen molar-refractivity contribution in [2.24, 2.45) is 0 Å². The van der Waals surface area contributed by atoms with Crippen molar-refractivity contribution in [1.82, 2.24) is 0 Å². The zero-order valence-electron chi connectivity index (χ0n) is 10.2. The lowest BCUT2D eigenvalue weighted by atomic mass is 10.1.